The summed E-state index contributed by atoms with van der Waals surface area (Å²) in [7, 11) is 0. The third-order valence-corrected chi connectivity index (χ3v) is 4.86. The maximum absolute atomic E-state index is 12.4. The zero-order chi connectivity index (χ0) is 19.8. The fourth-order valence-corrected chi connectivity index (χ4v) is 3.42. The Balaban J connectivity index is 1.30. The average Bonchev–Trinajstić information content (AvgIpc) is 3.18. The van der Waals surface area contributed by atoms with Gasteiger partial charge in [0.1, 0.15) is 13.2 Å². The molecule has 8 heteroatoms. The second-order valence-electron chi connectivity index (χ2n) is 6.82. The van der Waals surface area contributed by atoms with Gasteiger partial charge in [0, 0.05) is 35.2 Å². The topological polar surface area (TPSA) is 98.9 Å². The molecule has 0 spiro atoms. The van der Waals surface area contributed by atoms with Crippen molar-refractivity contribution in [2.75, 3.05) is 25.3 Å². The maximum Gasteiger partial charge on any atom is 0.251 e. The number of hydrogen-bond acceptors (Lipinski definition) is 6. The average molecular weight is 394 g/mol. The molecule has 148 valence electrons. The van der Waals surface area contributed by atoms with E-state index in [0.717, 1.165) is 5.39 Å². The second kappa shape index (κ2) is 7.05. The summed E-state index contributed by atoms with van der Waals surface area (Å²) >= 11 is 0. The Morgan fingerprint density at radius 3 is 2.55 bits per heavy atom. The van der Waals surface area contributed by atoms with Crippen molar-refractivity contribution in [1.82, 2.24) is 4.98 Å². The lowest BCUT2D eigenvalue weighted by atomic mass is 10.1. The van der Waals surface area contributed by atoms with Crippen LogP contribution in [0.25, 0.3) is 10.9 Å². The Morgan fingerprint density at radius 1 is 0.931 bits per heavy atom. The Morgan fingerprint density at radius 2 is 1.69 bits per heavy atom. The number of hydrogen-bond donors (Lipinski definition) is 2. The van der Waals surface area contributed by atoms with Crippen molar-refractivity contribution in [3.05, 3.63) is 52.3 Å². The summed E-state index contributed by atoms with van der Waals surface area (Å²) in [6.07, 6.45) is 0.490. The lowest BCUT2D eigenvalue weighted by molar-refractivity contribution is -0.116. The Hall–Kier alpha value is -3.68. The number of benzene rings is 2. The molecule has 1 aromatic heterocycles. The standard InChI is InChI=1S/C21H18N2O6/c24-20(22-14-2-3-16-18(9-14)29-11-28-16)4-1-12-7-13-8-17-19(27-6-5-26-17)10-15(13)23-21(12)25/h2-3,7-10H,1,4-6,11H2,(H,22,24)(H,23,25). The van der Waals surface area contributed by atoms with Crippen molar-refractivity contribution in [1.29, 1.82) is 0 Å². The quantitative estimate of drug-likeness (QED) is 0.706. The lowest BCUT2D eigenvalue weighted by Gasteiger charge is -2.18. The number of ether oxygens (including phenoxy) is 4. The minimum Gasteiger partial charge on any atom is -0.486 e. The van der Waals surface area contributed by atoms with E-state index in [1.165, 1.54) is 0 Å². The fourth-order valence-electron chi connectivity index (χ4n) is 3.42. The lowest BCUT2D eigenvalue weighted by Crippen LogP contribution is -2.18. The van der Waals surface area contributed by atoms with Crippen molar-refractivity contribution in [3.63, 3.8) is 0 Å². The molecular weight excluding hydrogens is 376 g/mol. The largest absolute Gasteiger partial charge is 0.486 e. The van der Waals surface area contributed by atoms with Crippen LogP contribution in [0.1, 0.15) is 12.0 Å². The van der Waals surface area contributed by atoms with Crippen molar-refractivity contribution >= 4 is 22.5 Å². The van der Waals surface area contributed by atoms with E-state index in [4.69, 9.17) is 18.9 Å². The normalized spacial score (nSPS) is 14.1. The first-order valence-corrected chi connectivity index (χ1v) is 9.31. The van der Waals surface area contributed by atoms with Gasteiger partial charge in [0.2, 0.25) is 12.7 Å². The zero-order valence-electron chi connectivity index (χ0n) is 15.4. The number of nitrogens with one attached hydrogen (secondary N) is 2. The van der Waals surface area contributed by atoms with Crippen LogP contribution in [0, 0.1) is 0 Å². The number of fused-ring (bicyclic) bond motifs is 3. The van der Waals surface area contributed by atoms with E-state index in [1.807, 2.05) is 6.07 Å². The molecule has 3 aromatic rings. The summed E-state index contributed by atoms with van der Waals surface area (Å²) in [6, 6.07) is 10.6. The first-order valence-electron chi connectivity index (χ1n) is 9.31. The molecule has 0 aliphatic carbocycles. The van der Waals surface area contributed by atoms with Crippen LogP contribution < -0.4 is 29.8 Å². The first-order chi connectivity index (χ1) is 14.2. The summed E-state index contributed by atoms with van der Waals surface area (Å²) in [5.41, 5.74) is 1.61. The molecule has 0 bridgehead atoms. The van der Waals surface area contributed by atoms with Gasteiger partial charge in [-0.05, 0) is 30.7 Å². The highest BCUT2D eigenvalue weighted by atomic mass is 16.7. The van der Waals surface area contributed by atoms with Gasteiger partial charge in [0.25, 0.3) is 5.56 Å². The van der Waals surface area contributed by atoms with E-state index >= 15 is 0 Å². The molecule has 2 N–H and O–H groups in total. The molecule has 0 radical (unpaired) electrons. The van der Waals surface area contributed by atoms with Gasteiger partial charge in [0.05, 0.1) is 5.52 Å². The van der Waals surface area contributed by atoms with Crippen LogP contribution in [0.4, 0.5) is 5.69 Å². The van der Waals surface area contributed by atoms with Gasteiger partial charge in [-0.3, -0.25) is 9.59 Å². The monoisotopic (exact) mass is 394 g/mol. The first kappa shape index (κ1) is 17.4. The molecule has 0 saturated carbocycles. The number of pyridine rings is 1. The molecule has 2 aromatic carbocycles. The number of H-pyrrole nitrogens is 1. The minimum absolute atomic E-state index is 0.174. The minimum atomic E-state index is -0.218. The molecule has 0 fully saturated rings. The Labute approximate surface area is 165 Å². The van der Waals surface area contributed by atoms with Gasteiger partial charge < -0.3 is 29.2 Å². The molecular formula is C21H18N2O6. The van der Waals surface area contributed by atoms with Crippen molar-refractivity contribution in [2.45, 2.75) is 12.8 Å². The van der Waals surface area contributed by atoms with E-state index in [1.54, 1.807) is 30.3 Å². The molecule has 8 nitrogen and oxygen atoms in total. The molecule has 29 heavy (non-hydrogen) atoms. The Kier molecular flexibility index (Phi) is 4.23. The predicted octanol–water partition coefficient (Wildman–Crippen LogP) is 2.60. The summed E-state index contributed by atoms with van der Waals surface area (Å²) in [4.78, 5) is 27.6. The van der Waals surface area contributed by atoms with Crippen molar-refractivity contribution in [3.8, 4) is 23.0 Å². The second-order valence-corrected chi connectivity index (χ2v) is 6.82. The molecule has 2 aliphatic heterocycles. The SMILES string of the molecule is O=C(CCc1cc2cc3c(cc2[nH]c1=O)OCCO3)Nc1ccc2c(c1)OCO2. The van der Waals surface area contributed by atoms with Gasteiger partial charge >= 0.3 is 0 Å². The van der Waals surface area contributed by atoms with Crippen LogP contribution in [0.3, 0.4) is 0 Å². The third-order valence-electron chi connectivity index (χ3n) is 4.86. The highest BCUT2D eigenvalue weighted by Gasteiger charge is 2.16. The number of rotatable bonds is 4. The molecule has 5 rings (SSSR count). The van der Waals surface area contributed by atoms with Gasteiger partial charge in [-0.2, -0.15) is 0 Å². The van der Waals surface area contributed by atoms with Crippen LogP contribution >= 0.6 is 0 Å². The highest BCUT2D eigenvalue weighted by Crippen LogP contribution is 2.35. The number of carbonyl (C=O) groups is 1. The highest BCUT2D eigenvalue weighted by molar-refractivity contribution is 5.91. The summed E-state index contributed by atoms with van der Waals surface area (Å²) in [6.45, 7) is 1.16. The van der Waals surface area contributed by atoms with Crippen LogP contribution in [0.2, 0.25) is 0 Å². The predicted molar refractivity (Wildman–Crippen MR) is 105 cm³/mol. The smallest absolute Gasteiger partial charge is 0.251 e. The van der Waals surface area contributed by atoms with E-state index in [9.17, 15) is 9.59 Å². The summed E-state index contributed by atoms with van der Waals surface area (Å²) in [5, 5.41) is 3.65. The molecule has 1 amide bonds. The van der Waals surface area contributed by atoms with Gasteiger partial charge in [-0.15, -0.1) is 0 Å². The van der Waals surface area contributed by atoms with Crippen LogP contribution in [-0.4, -0.2) is 30.9 Å². The number of aromatic nitrogens is 1. The number of carbonyl (C=O) groups excluding carboxylic acids is 1. The van der Waals surface area contributed by atoms with Gasteiger partial charge in [-0.25, -0.2) is 0 Å². The number of aryl methyl sites for hydroxylation is 1. The maximum atomic E-state index is 12.4. The number of anilines is 1. The molecule has 2 aliphatic rings. The molecule has 0 saturated heterocycles. The number of aromatic amines is 1. The fraction of sp³-hybridized carbons (Fsp3) is 0.238. The van der Waals surface area contributed by atoms with Crippen LogP contribution in [0.5, 0.6) is 23.0 Å². The van der Waals surface area contributed by atoms with Gasteiger partial charge in [-0.1, -0.05) is 0 Å². The van der Waals surface area contributed by atoms with Crippen LogP contribution in [0.15, 0.2) is 41.2 Å². The third kappa shape index (κ3) is 3.44. The number of amides is 1. The van der Waals surface area contributed by atoms with E-state index < -0.39 is 0 Å². The molecule has 0 unspecified atom stereocenters. The van der Waals surface area contributed by atoms with Gasteiger partial charge in [0.15, 0.2) is 23.0 Å². The van der Waals surface area contributed by atoms with Crippen LogP contribution in [-0.2, 0) is 11.2 Å². The zero-order valence-corrected chi connectivity index (χ0v) is 15.4. The summed E-state index contributed by atoms with van der Waals surface area (Å²) < 4.78 is 21.7. The van der Waals surface area contributed by atoms with Crippen molar-refractivity contribution in [2.24, 2.45) is 0 Å². The molecule has 3 heterocycles. The van der Waals surface area contributed by atoms with E-state index in [-0.39, 0.29) is 24.7 Å². The Bertz CT molecular complexity index is 1170. The van der Waals surface area contributed by atoms with E-state index in [2.05, 4.69) is 10.3 Å². The molecule has 0 atom stereocenters. The van der Waals surface area contributed by atoms with Crippen molar-refractivity contribution < 1.29 is 23.7 Å². The van der Waals surface area contributed by atoms with E-state index in [0.29, 0.717) is 59.4 Å². The summed E-state index contributed by atoms with van der Waals surface area (Å²) in [5.74, 6) is 2.34.